The summed E-state index contributed by atoms with van der Waals surface area (Å²) in [5, 5.41) is 3.00. The SMILES string of the molecule is CCC(C)C(N=C1NS(=O)(=O)c2ccccc21)C(=O)NCCC1=CCCCC1. The van der Waals surface area contributed by atoms with Crippen LogP contribution in [0, 0.1) is 5.92 Å². The summed E-state index contributed by atoms with van der Waals surface area (Å²) in [6.07, 6.45) is 8.65. The van der Waals surface area contributed by atoms with Gasteiger partial charge in [-0.15, -0.1) is 0 Å². The quantitative estimate of drug-likeness (QED) is 0.686. The van der Waals surface area contributed by atoms with E-state index in [-0.39, 0.29) is 22.6 Å². The molecule has 3 rings (SSSR count). The predicted molar refractivity (Wildman–Crippen MR) is 111 cm³/mol. The molecule has 2 N–H and O–H groups in total. The van der Waals surface area contributed by atoms with Crippen LogP contribution in [0.3, 0.4) is 0 Å². The molecule has 2 unspecified atom stereocenters. The van der Waals surface area contributed by atoms with Crippen molar-refractivity contribution in [3.8, 4) is 0 Å². The van der Waals surface area contributed by atoms with Gasteiger partial charge in [0.25, 0.3) is 10.0 Å². The average molecular weight is 404 g/mol. The van der Waals surface area contributed by atoms with Crippen LogP contribution in [0.15, 0.2) is 45.8 Å². The monoisotopic (exact) mass is 403 g/mol. The molecule has 1 aromatic rings. The molecule has 0 spiro atoms. The number of allylic oxidation sites excluding steroid dienone is 1. The first-order chi connectivity index (χ1) is 13.4. The van der Waals surface area contributed by atoms with E-state index in [2.05, 4.69) is 21.1 Å². The average Bonchev–Trinajstić information content (AvgIpc) is 2.96. The maximum atomic E-state index is 12.8. The van der Waals surface area contributed by atoms with Crippen molar-refractivity contribution in [1.82, 2.24) is 10.0 Å². The molecule has 1 amide bonds. The van der Waals surface area contributed by atoms with E-state index in [0.717, 1.165) is 25.7 Å². The van der Waals surface area contributed by atoms with E-state index < -0.39 is 16.1 Å². The summed E-state index contributed by atoms with van der Waals surface area (Å²) in [6, 6.07) is 6.09. The molecular formula is C21H29N3O3S. The number of sulfonamides is 1. The number of benzene rings is 1. The zero-order valence-corrected chi connectivity index (χ0v) is 17.4. The van der Waals surface area contributed by atoms with Gasteiger partial charge in [-0.25, -0.2) is 8.42 Å². The van der Waals surface area contributed by atoms with Gasteiger partial charge in [-0.2, -0.15) is 0 Å². The highest BCUT2D eigenvalue weighted by Crippen LogP contribution is 2.24. The van der Waals surface area contributed by atoms with Gasteiger partial charge in [-0.1, -0.05) is 44.1 Å². The van der Waals surface area contributed by atoms with E-state index in [9.17, 15) is 13.2 Å². The molecule has 1 aliphatic carbocycles. The van der Waals surface area contributed by atoms with Crippen LogP contribution >= 0.6 is 0 Å². The van der Waals surface area contributed by atoms with E-state index >= 15 is 0 Å². The van der Waals surface area contributed by atoms with Crippen LogP contribution < -0.4 is 10.0 Å². The Morgan fingerprint density at radius 3 is 2.79 bits per heavy atom. The topological polar surface area (TPSA) is 87.6 Å². The minimum atomic E-state index is -3.61. The van der Waals surface area contributed by atoms with Crippen molar-refractivity contribution in [3.05, 3.63) is 41.5 Å². The van der Waals surface area contributed by atoms with Crippen LogP contribution in [-0.2, 0) is 14.8 Å². The maximum absolute atomic E-state index is 12.8. The lowest BCUT2D eigenvalue weighted by Crippen LogP contribution is -2.39. The highest BCUT2D eigenvalue weighted by Gasteiger charge is 2.33. The zero-order chi connectivity index (χ0) is 20.1. The van der Waals surface area contributed by atoms with Gasteiger partial charge in [0.15, 0.2) is 0 Å². The van der Waals surface area contributed by atoms with Gasteiger partial charge in [0.2, 0.25) is 5.91 Å². The Morgan fingerprint density at radius 1 is 1.29 bits per heavy atom. The second kappa shape index (κ2) is 8.90. The Morgan fingerprint density at radius 2 is 2.07 bits per heavy atom. The van der Waals surface area contributed by atoms with Crippen molar-refractivity contribution in [1.29, 1.82) is 0 Å². The fourth-order valence-electron chi connectivity index (χ4n) is 3.62. The third-order valence-electron chi connectivity index (χ3n) is 5.51. The molecule has 0 radical (unpaired) electrons. The highest BCUT2D eigenvalue weighted by atomic mass is 32.2. The number of carbonyl (C=O) groups excluding carboxylic acids is 1. The lowest BCUT2D eigenvalue weighted by atomic mass is 9.96. The molecular weight excluding hydrogens is 374 g/mol. The highest BCUT2D eigenvalue weighted by molar-refractivity contribution is 7.90. The summed E-state index contributed by atoms with van der Waals surface area (Å²) in [4.78, 5) is 17.6. The summed E-state index contributed by atoms with van der Waals surface area (Å²) in [6.45, 7) is 4.56. The smallest absolute Gasteiger partial charge is 0.263 e. The van der Waals surface area contributed by atoms with E-state index in [1.165, 1.54) is 18.4 Å². The Balaban J connectivity index is 1.74. The van der Waals surface area contributed by atoms with Crippen LogP contribution in [0.5, 0.6) is 0 Å². The molecule has 2 atom stereocenters. The molecule has 2 aliphatic rings. The molecule has 0 aromatic heterocycles. The second-order valence-electron chi connectivity index (χ2n) is 7.56. The van der Waals surface area contributed by atoms with E-state index in [1.54, 1.807) is 24.3 Å². The van der Waals surface area contributed by atoms with Crippen LogP contribution in [0.25, 0.3) is 0 Å². The van der Waals surface area contributed by atoms with Crippen molar-refractivity contribution in [3.63, 3.8) is 0 Å². The molecule has 0 bridgehead atoms. The van der Waals surface area contributed by atoms with Gasteiger partial charge in [0.05, 0.1) is 4.90 Å². The molecule has 1 aliphatic heterocycles. The Hall–Kier alpha value is -2.15. The minimum absolute atomic E-state index is 0.00124. The normalized spacial score (nSPS) is 21.4. The number of nitrogens with zero attached hydrogens (tertiary/aromatic N) is 1. The molecule has 0 fully saturated rings. The first-order valence-corrected chi connectivity index (χ1v) is 11.6. The van der Waals surface area contributed by atoms with Crippen molar-refractivity contribution in [2.45, 2.75) is 63.3 Å². The summed E-state index contributed by atoms with van der Waals surface area (Å²) in [7, 11) is -3.61. The van der Waals surface area contributed by atoms with Crippen molar-refractivity contribution < 1.29 is 13.2 Å². The van der Waals surface area contributed by atoms with Crippen LogP contribution in [0.2, 0.25) is 0 Å². The summed E-state index contributed by atoms with van der Waals surface area (Å²) in [5.74, 6) is 0.103. The van der Waals surface area contributed by atoms with Gasteiger partial charge in [-0.05, 0) is 50.2 Å². The number of amidine groups is 1. The van der Waals surface area contributed by atoms with Gasteiger partial charge >= 0.3 is 0 Å². The van der Waals surface area contributed by atoms with Crippen LogP contribution in [0.4, 0.5) is 0 Å². The molecule has 1 aromatic carbocycles. The fraction of sp³-hybridized carbons (Fsp3) is 0.524. The van der Waals surface area contributed by atoms with Crippen LogP contribution in [-0.4, -0.2) is 32.7 Å². The van der Waals surface area contributed by atoms with Crippen LogP contribution in [0.1, 0.15) is 57.9 Å². The third kappa shape index (κ3) is 4.63. The number of nitrogens with one attached hydrogen (secondary N) is 2. The standard InChI is InChI=1S/C21H29N3O3S/c1-3-15(2)19(21(25)22-14-13-16-9-5-4-6-10-16)23-20-17-11-7-8-12-18(17)28(26,27)24-20/h7-9,11-12,15,19H,3-6,10,13-14H2,1-2H3,(H,22,25)(H,23,24). The van der Waals surface area contributed by atoms with Gasteiger partial charge in [0, 0.05) is 12.1 Å². The molecule has 6 nitrogen and oxygen atoms in total. The molecule has 28 heavy (non-hydrogen) atoms. The molecule has 7 heteroatoms. The first kappa shape index (κ1) is 20.6. The number of hydrogen-bond acceptors (Lipinski definition) is 4. The molecule has 0 saturated heterocycles. The lowest BCUT2D eigenvalue weighted by molar-refractivity contribution is -0.123. The molecule has 1 heterocycles. The van der Waals surface area contributed by atoms with E-state index in [1.807, 2.05) is 13.8 Å². The van der Waals surface area contributed by atoms with Gasteiger partial charge < -0.3 is 5.32 Å². The number of aliphatic imine (C=N–C) groups is 1. The zero-order valence-electron chi connectivity index (χ0n) is 16.6. The Labute approximate surface area is 167 Å². The van der Waals surface area contributed by atoms with Crippen molar-refractivity contribution in [2.75, 3.05) is 6.54 Å². The minimum Gasteiger partial charge on any atom is -0.354 e. The predicted octanol–water partition coefficient (Wildman–Crippen LogP) is 3.15. The molecule has 0 saturated carbocycles. The maximum Gasteiger partial charge on any atom is 0.263 e. The Bertz CT molecular complexity index is 890. The first-order valence-electron chi connectivity index (χ1n) is 10.1. The second-order valence-corrected chi connectivity index (χ2v) is 9.21. The number of rotatable bonds is 7. The number of hydrogen-bond donors (Lipinski definition) is 2. The summed E-state index contributed by atoms with van der Waals surface area (Å²) < 4.78 is 27.1. The fourth-order valence-corrected chi connectivity index (χ4v) is 4.86. The van der Waals surface area contributed by atoms with Gasteiger partial charge in [-0.3, -0.25) is 14.5 Å². The number of fused-ring (bicyclic) bond motifs is 1. The summed E-state index contributed by atoms with van der Waals surface area (Å²) in [5.41, 5.74) is 1.94. The number of carbonyl (C=O) groups is 1. The lowest BCUT2D eigenvalue weighted by Gasteiger charge is -2.20. The van der Waals surface area contributed by atoms with E-state index in [4.69, 9.17) is 0 Å². The van der Waals surface area contributed by atoms with Crippen molar-refractivity contribution >= 4 is 21.8 Å². The Kier molecular flexibility index (Phi) is 6.54. The van der Waals surface area contributed by atoms with E-state index in [0.29, 0.717) is 12.1 Å². The largest absolute Gasteiger partial charge is 0.354 e. The third-order valence-corrected chi connectivity index (χ3v) is 6.91. The summed E-state index contributed by atoms with van der Waals surface area (Å²) >= 11 is 0. The van der Waals surface area contributed by atoms with Crippen molar-refractivity contribution in [2.24, 2.45) is 10.9 Å². The number of amides is 1. The van der Waals surface area contributed by atoms with Gasteiger partial charge in [0.1, 0.15) is 11.9 Å². The molecule has 152 valence electrons.